The van der Waals surface area contributed by atoms with E-state index in [1.807, 2.05) is 6.92 Å². The molecule has 0 saturated carbocycles. The Hall–Kier alpha value is -1.80. The zero-order valence-electron chi connectivity index (χ0n) is 18.1. The molecule has 0 saturated heterocycles. The van der Waals surface area contributed by atoms with Gasteiger partial charge in [0.1, 0.15) is 5.75 Å². The first-order valence-electron chi connectivity index (χ1n) is 10.3. The largest absolute Gasteiger partial charge is 0.465 e. The van der Waals surface area contributed by atoms with Crippen LogP contribution in [0.4, 0.5) is 0 Å². The highest BCUT2D eigenvalue weighted by atomic mass is 16.7. The number of hydrogen-bond donors (Lipinski definition) is 0. The zero-order valence-corrected chi connectivity index (χ0v) is 18.1. The van der Waals surface area contributed by atoms with E-state index in [0.29, 0.717) is 18.4 Å². The van der Waals surface area contributed by atoms with Crippen molar-refractivity contribution < 1.29 is 9.47 Å². The van der Waals surface area contributed by atoms with Crippen molar-refractivity contribution in [3.63, 3.8) is 0 Å². The summed E-state index contributed by atoms with van der Waals surface area (Å²) in [5.41, 5.74) is 6.66. The number of ether oxygens (including phenoxy) is 2. The van der Waals surface area contributed by atoms with Crippen molar-refractivity contribution in [1.82, 2.24) is 0 Å². The Balaban J connectivity index is 1.93. The molecule has 0 radical (unpaired) electrons. The Morgan fingerprint density at radius 3 is 1.96 bits per heavy atom. The van der Waals surface area contributed by atoms with E-state index in [0.717, 1.165) is 24.2 Å². The molecule has 0 amide bonds. The van der Waals surface area contributed by atoms with Crippen molar-refractivity contribution >= 4 is 0 Å². The normalized spacial score (nSPS) is 12.6. The van der Waals surface area contributed by atoms with Crippen LogP contribution < -0.4 is 4.74 Å². The summed E-state index contributed by atoms with van der Waals surface area (Å²) in [4.78, 5) is 0. The Kier molecular flexibility index (Phi) is 7.91. The Bertz CT molecular complexity index is 705. The van der Waals surface area contributed by atoms with Crippen LogP contribution in [-0.2, 0) is 17.6 Å². The fraction of sp³-hybridized carbons (Fsp3) is 0.520. The monoisotopic (exact) mass is 368 g/mol. The smallest absolute Gasteiger partial charge is 0.197 e. The second-order valence-electron chi connectivity index (χ2n) is 8.08. The minimum absolute atomic E-state index is 0.256. The predicted molar refractivity (Wildman–Crippen MR) is 115 cm³/mol. The molecular formula is C25H36O2. The fourth-order valence-electron chi connectivity index (χ4n) is 3.18. The van der Waals surface area contributed by atoms with Crippen LogP contribution in [0.5, 0.6) is 5.75 Å². The average molecular weight is 369 g/mol. The molecular weight excluding hydrogens is 332 g/mol. The maximum Gasteiger partial charge on any atom is 0.197 e. The lowest BCUT2D eigenvalue weighted by atomic mass is 9.92. The molecule has 0 bridgehead atoms. The third-order valence-corrected chi connectivity index (χ3v) is 5.05. The molecule has 0 aliphatic carbocycles. The molecule has 2 heteroatoms. The molecule has 2 aromatic rings. The van der Waals surface area contributed by atoms with Gasteiger partial charge in [-0.1, -0.05) is 65.0 Å². The minimum Gasteiger partial charge on any atom is -0.465 e. The first-order chi connectivity index (χ1) is 12.8. The number of rotatable bonds is 9. The van der Waals surface area contributed by atoms with Crippen LogP contribution in [0.25, 0.3) is 0 Å². The number of aryl methyl sites for hydroxylation is 2. The van der Waals surface area contributed by atoms with Crippen molar-refractivity contribution in [1.29, 1.82) is 0 Å². The van der Waals surface area contributed by atoms with Gasteiger partial charge in [-0.3, -0.25) is 0 Å². The van der Waals surface area contributed by atoms with Crippen molar-refractivity contribution in [2.45, 2.75) is 79.4 Å². The number of benzene rings is 2. The molecule has 0 heterocycles. The topological polar surface area (TPSA) is 18.5 Å². The summed E-state index contributed by atoms with van der Waals surface area (Å²) in [7, 11) is 0. The van der Waals surface area contributed by atoms with Crippen LogP contribution >= 0.6 is 0 Å². The van der Waals surface area contributed by atoms with Gasteiger partial charge in [0.05, 0.1) is 6.61 Å². The molecule has 27 heavy (non-hydrogen) atoms. The van der Waals surface area contributed by atoms with E-state index in [4.69, 9.17) is 9.47 Å². The molecule has 1 atom stereocenters. The van der Waals surface area contributed by atoms with Crippen molar-refractivity contribution in [2.75, 3.05) is 6.61 Å². The van der Waals surface area contributed by atoms with E-state index in [1.165, 1.54) is 22.3 Å². The first kappa shape index (κ1) is 21.5. The molecule has 0 aromatic heterocycles. The van der Waals surface area contributed by atoms with Gasteiger partial charge < -0.3 is 9.47 Å². The second-order valence-corrected chi connectivity index (χ2v) is 8.08. The summed E-state index contributed by atoms with van der Waals surface area (Å²) in [6.45, 7) is 15.9. The fourth-order valence-corrected chi connectivity index (χ4v) is 3.18. The lowest BCUT2D eigenvalue weighted by molar-refractivity contribution is -0.0657. The van der Waals surface area contributed by atoms with Gasteiger partial charge in [0.15, 0.2) is 6.29 Å². The van der Waals surface area contributed by atoms with E-state index in [-0.39, 0.29) is 6.29 Å². The van der Waals surface area contributed by atoms with Crippen molar-refractivity contribution in [3.8, 4) is 5.75 Å². The molecule has 0 spiro atoms. The first-order valence-corrected chi connectivity index (χ1v) is 10.3. The second kappa shape index (κ2) is 9.94. The van der Waals surface area contributed by atoms with Gasteiger partial charge in [-0.2, -0.15) is 0 Å². The highest BCUT2D eigenvalue weighted by molar-refractivity contribution is 5.36. The molecule has 0 aliphatic heterocycles. The molecule has 0 N–H and O–H groups in total. The van der Waals surface area contributed by atoms with E-state index in [9.17, 15) is 0 Å². The molecule has 0 fully saturated rings. The van der Waals surface area contributed by atoms with Gasteiger partial charge in [-0.05, 0) is 72.4 Å². The van der Waals surface area contributed by atoms with E-state index < -0.39 is 0 Å². The third-order valence-electron chi connectivity index (χ3n) is 5.05. The van der Waals surface area contributed by atoms with Gasteiger partial charge in [0.2, 0.25) is 0 Å². The summed E-state index contributed by atoms with van der Waals surface area (Å²) in [6.07, 6.45) is 1.69. The van der Waals surface area contributed by atoms with Gasteiger partial charge in [-0.15, -0.1) is 0 Å². The lowest BCUT2D eigenvalue weighted by Gasteiger charge is -2.18. The van der Waals surface area contributed by atoms with Crippen LogP contribution in [-0.4, -0.2) is 12.9 Å². The van der Waals surface area contributed by atoms with Gasteiger partial charge in [-0.25, -0.2) is 0 Å². The standard InChI is InChI=1S/C25H36O2/c1-8-21-9-10-25(19(6)13-21)27-20(7)26-12-11-22-14-23(17(2)3)16-24(15-22)18(4)5/h9-10,13-18,20H,8,11-12H2,1-7H3. The van der Waals surface area contributed by atoms with E-state index in [1.54, 1.807) is 0 Å². The molecule has 2 aromatic carbocycles. The van der Waals surface area contributed by atoms with E-state index >= 15 is 0 Å². The Morgan fingerprint density at radius 1 is 0.815 bits per heavy atom. The van der Waals surface area contributed by atoms with Crippen molar-refractivity contribution in [3.05, 3.63) is 64.2 Å². The predicted octanol–water partition coefficient (Wildman–Crippen LogP) is 6.79. The van der Waals surface area contributed by atoms with Crippen LogP contribution in [0.2, 0.25) is 0 Å². The maximum absolute atomic E-state index is 5.98. The summed E-state index contributed by atoms with van der Waals surface area (Å²) in [6, 6.07) is 13.3. The average Bonchev–Trinajstić information content (AvgIpc) is 2.63. The molecule has 0 aliphatic rings. The summed E-state index contributed by atoms with van der Waals surface area (Å²) >= 11 is 0. The summed E-state index contributed by atoms with van der Waals surface area (Å²) < 4.78 is 11.9. The van der Waals surface area contributed by atoms with Crippen LogP contribution in [0.15, 0.2) is 36.4 Å². The summed E-state index contributed by atoms with van der Waals surface area (Å²) in [5, 5.41) is 0. The van der Waals surface area contributed by atoms with Gasteiger partial charge in [0.25, 0.3) is 0 Å². The SMILES string of the molecule is CCc1ccc(OC(C)OCCc2cc(C(C)C)cc(C(C)C)c2)c(C)c1. The van der Waals surface area contributed by atoms with E-state index in [2.05, 4.69) is 77.9 Å². The van der Waals surface area contributed by atoms with Crippen molar-refractivity contribution in [2.24, 2.45) is 0 Å². The summed E-state index contributed by atoms with van der Waals surface area (Å²) in [5.74, 6) is 1.99. The molecule has 148 valence electrons. The zero-order chi connectivity index (χ0) is 20.0. The highest BCUT2D eigenvalue weighted by Crippen LogP contribution is 2.24. The minimum atomic E-state index is -0.256. The quantitative estimate of drug-likeness (QED) is 0.454. The number of hydrogen-bond acceptors (Lipinski definition) is 2. The van der Waals surface area contributed by atoms with Gasteiger partial charge in [0, 0.05) is 0 Å². The van der Waals surface area contributed by atoms with Crippen LogP contribution in [0, 0.1) is 6.92 Å². The molecule has 2 rings (SSSR count). The van der Waals surface area contributed by atoms with Gasteiger partial charge >= 0.3 is 0 Å². The molecule has 1 unspecified atom stereocenters. The Labute approximate surface area is 165 Å². The van der Waals surface area contributed by atoms with Crippen LogP contribution in [0.1, 0.15) is 81.2 Å². The lowest BCUT2D eigenvalue weighted by Crippen LogP contribution is -2.18. The Morgan fingerprint density at radius 2 is 1.44 bits per heavy atom. The van der Waals surface area contributed by atoms with Crippen LogP contribution in [0.3, 0.4) is 0 Å². The third kappa shape index (κ3) is 6.39. The highest BCUT2D eigenvalue weighted by Gasteiger charge is 2.10. The maximum atomic E-state index is 5.98. The molecule has 2 nitrogen and oxygen atoms in total.